The van der Waals surface area contributed by atoms with Gasteiger partial charge in [-0.3, -0.25) is 9.69 Å². The number of aryl methyl sites for hydroxylation is 1. The summed E-state index contributed by atoms with van der Waals surface area (Å²) in [5.74, 6) is 0.773. The fraction of sp³-hybridized carbons (Fsp3) is 0.200. The van der Waals surface area contributed by atoms with Gasteiger partial charge in [-0.25, -0.2) is 0 Å². The van der Waals surface area contributed by atoms with Crippen LogP contribution in [-0.4, -0.2) is 28.8 Å². The molecule has 1 aliphatic rings. The first-order valence-electron chi connectivity index (χ1n) is 6.07. The molecule has 1 aromatic carbocycles. The molecule has 0 aromatic heterocycles. The van der Waals surface area contributed by atoms with Gasteiger partial charge in [0.15, 0.2) is 0 Å². The molecule has 0 aliphatic carbocycles. The van der Waals surface area contributed by atoms with E-state index >= 15 is 0 Å². The predicted molar refractivity (Wildman–Crippen MR) is 87.8 cm³/mol. The molecule has 104 valence electrons. The third-order valence-corrected chi connectivity index (χ3v) is 4.28. The van der Waals surface area contributed by atoms with E-state index in [1.54, 1.807) is 18.1 Å². The molecule has 1 aromatic rings. The molecule has 1 aliphatic heterocycles. The lowest BCUT2D eigenvalue weighted by atomic mass is 10.1. The Balaban J connectivity index is 2.28. The Morgan fingerprint density at radius 3 is 2.85 bits per heavy atom. The highest BCUT2D eigenvalue weighted by atomic mass is 32.2. The Kier molecular flexibility index (Phi) is 4.62. The molecular weight excluding hydrogens is 290 g/mol. The summed E-state index contributed by atoms with van der Waals surface area (Å²) in [5.41, 5.74) is 1.99. The molecule has 1 heterocycles. The maximum absolute atomic E-state index is 12.2. The van der Waals surface area contributed by atoms with E-state index in [4.69, 9.17) is 17.0 Å². The Morgan fingerprint density at radius 2 is 2.25 bits per heavy atom. The second kappa shape index (κ2) is 6.24. The molecule has 0 N–H and O–H groups in total. The lowest BCUT2D eigenvalue weighted by Crippen LogP contribution is -2.27. The van der Waals surface area contributed by atoms with Gasteiger partial charge in [0.25, 0.3) is 5.91 Å². The second-order valence-electron chi connectivity index (χ2n) is 4.31. The number of thioether (sulfide) groups is 1. The summed E-state index contributed by atoms with van der Waals surface area (Å²) < 4.78 is 5.80. The molecule has 1 fully saturated rings. The second-order valence-corrected chi connectivity index (χ2v) is 5.99. The van der Waals surface area contributed by atoms with E-state index in [1.807, 2.05) is 31.2 Å². The summed E-state index contributed by atoms with van der Waals surface area (Å²) in [6.07, 6.45) is 3.53. The number of methoxy groups -OCH3 is 1. The van der Waals surface area contributed by atoms with Gasteiger partial charge in [-0.05, 0) is 36.3 Å². The van der Waals surface area contributed by atoms with Crippen LogP contribution in [0.5, 0.6) is 5.75 Å². The topological polar surface area (TPSA) is 29.5 Å². The average Bonchev–Trinajstić information content (AvgIpc) is 2.67. The number of carbonyl (C=O) groups excluding carboxylic acids is 1. The van der Waals surface area contributed by atoms with Gasteiger partial charge in [0.1, 0.15) is 10.1 Å². The summed E-state index contributed by atoms with van der Waals surface area (Å²) in [7, 11) is 1.64. The van der Waals surface area contributed by atoms with Crippen LogP contribution in [0.4, 0.5) is 0 Å². The third-order valence-electron chi connectivity index (χ3n) is 2.90. The fourth-order valence-corrected chi connectivity index (χ4v) is 3.20. The fourth-order valence-electron chi connectivity index (χ4n) is 1.93. The van der Waals surface area contributed by atoms with Gasteiger partial charge < -0.3 is 4.74 Å². The number of thiocarbonyl (C=S) groups is 1. The summed E-state index contributed by atoms with van der Waals surface area (Å²) in [6, 6.07) is 5.80. The van der Waals surface area contributed by atoms with Gasteiger partial charge in [0, 0.05) is 6.54 Å². The van der Waals surface area contributed by atoms with Gasteiger partial charge in [0.05, 0.1) is 12.0 Å². The molecule has 1 saturated heterocycles. The number of hydrogen-bond donors (Lipinski definition) is 0. The molecular formula is C15H15NO2S2. The van der Waals surface area contributed by atoms with E-state index in [1.165, 1.54) is 11.8 Å². The summed E-state index contributed by atoms with van der Waals surface area (Å²) >= 11 is 6.52. The van der Waals surface area contributed by atoms with Crippen LogP contribution in [0.2, 0.25) is 0 Å². The lowest BCUT2D eigenvalue weighted by Gasteiger charge is -2.10. The Morgan fingerprint density at radius 1 is 1.50 bits per heavy atom. The van der Waals surface area contributed by atoms with Gasteiger partial charge in [0.2, 0.25) is 0 Å². The van der Waals surface area contributed by atoms with Crippen LogP contribution < -0.4 is 4.74 Å². The van der Waals surface area contributed by atoms with Gasteiger partial charge >= 0.3 is 0 Å². The third kappa shape index (κ3) is 2.94. The van der Waals surface area contributed by atoms with Crippen LogP contribution in [0.3, 0.4) is 0 Å². The average molecular weight is 305 g/mol. The highest BCUT2D eigenvalue weighted by Crippen LogP contribution is 2.32. The van der Waals surface area contributed by atoms with Crippen LogP contribution in [0, 0.1) is 6.92 Å². The molecule has 0 atom stereocenters. The normalized spacial score (nSPS) is 16.9. The van der Waals surface area contributed by atoms with Crippen molar-refractivity contribution in [2.24, 2.45) is 0 Å². The minimum atomic E-state index is -0.0617. The van der Waals surface area contributed by atoms with Crippen molar-refractivity contribution in [2.45, 2.75) is 6.92 Å². The molecule has 0 saturated carbocycles. The molecule has 2 rings (SSSR count). The van der Waals surface area contributed by atoms with Crippen LogP contribution in [0.1, 0.15) is 11.1 Å². The Bertz CT molecular complexity index is 608. The van der Waals surface area contributed by atoms with Crippen molar-refractivity contribution < 1.29 is 9.53 Å². The van der Waals surface area contributed by atoms with Crippen molar-refractivity contribution in [1.82, 2.24) is 4.90 Å². The molecule has 3 nitrogen and oxygen atoms in total. The zero-order valence-corrected chi connectivity index (χ0v) is 13.0. The summed E-state index contributed by atoms with van der Waals surface area (Å²) in [4.78, 5) is 14.4. The molecule has 5 heteroatoms. The van der Waals surface area contributed by atoms with E-state index in [2.05, 4.69) is 6.58 Å². The summed E-state index contributed by atoms with van der Waals surface area (Å²) in [6.45, 7) is 6.06. The van der Waals surface area contributed by atoms with Crippen molar-refractivity contribution in [1.29, 1.82) is 0 Å². The van der Waals surface area contributed by atoms with E-state index < -0.39 is 0 Å². The molecule has 1 amide bonds. The molecule has 0 spiro atoms. The first kappa shape index (κ1) is 14.8. The molecule has 0 radical (unpaired) electrons. The molecule has 0 bridgehead atoms. The SMILES string of the molecule is C=CCN1C(=O)C(=Cc2ccc(OC)c(C)c2)SC1=S. The zero-order valence-electron chi connectivity index (χ0n) is 11.4. The first-order chi connectivity index (χ1) is 9.56. The first-order valence-corrected chi connectivity index (χ1v) is 7.30. The van der Waals surface area contributed by atoms with Gasteiger partial charge in [-0.15, -0.1) is 6.58 Å². The number of benzene rings is 1. The smallest absolute Gasteiger partial charge is 0.266 e. The summed E-state index contributed by atoms with van der Waals surface area (Å²) in [5, 5.41) is 0. The van der Waals surface area contributed by atoms with E-state index in [-0.39, 0.29) is 5.91 Å². The monoisotopic (exact) mass is 305 g/mol. The van der Waals surface area contributed by atoms with Gasteiger partial charge in [-0.1, -0.05) is 36.1 Å². The number of carbonyl (C=O) groups is 1. The van der Waals surface area contributed by atoms with Crippen LogP contribution in [0.15, 0.2) is 35.8 Å². The van der Waals surface area contributed by atoms with E-state index in [9.17, 15) is 4.79 Å². The zero-order chi connectivity index (χ0) is 14.7. The number of hydrogen-bond acceptors (Lipinski definition) is 4. The predicted octanol–water partition coefficient (Wildman–Crippen LogP) is 3.39. The maximum atomic E-state index is 12.2. The van der Waals surface area contributed by atoms with Crippen molar-refractivity contribution in [3.63, 3.8) is 0 Å². The van der Waals surface area contributed by atoms with Crippen molar-refractivity contribution in [2.75, 3.05) is 13.7 Å². The molecule has 0 unspecified atom stereocenters. The van der Waals surface area contributed by atoms with Crippen LogP contribution in [0.25, 0.3) is 6.08 Å². The van der Waals surface area contributed by atoms with Crippen molar-refractivity contribution >= 4 is 40.3 Å². The number of nitrogens with zero attached hydrogens (tertiary/aromatic N) is 1. The van der Waals surface area contributed by atoms with Gasteiger partial charge in [-0.2, -0.15) is 0 Å². The maximum Gasteiger partial charge on any atom is 0.266 e. The highest BCUT2D eigenvalue weighted by molar-refractivity contribution is 8.26. The number of ether oxygens (including phenoxy) is 1. The van der Waals surface area contributed by atoms with Crippen LogP contribution >= 0.6 is 24.0 Å². The Hall–Kier alpha value is -1.59. The lowest BCUT2D eigenvalue weighted by molar-refractivity contribution is -0.121. The minimum Gasteiger partial charge on any atom is -0.496 e. The largest absolute Gasteiger partial charge is 0.496 e. The molecule has 20 heavy (non-hydrogen) atoms. The Labute approximate surface area is 128 Å². The van der Waals surface area contributed by atoms with Crippen molar-refractivity contribution in [3.05, 3.63) is 46.9 Å². The van der Waals surface area contributed by atoms with E-state index in [0.29, 0.717) is 15.8 Å². The van der Waals surface area contributed by atoms with Crippen LogP contribution in [-0.2, 0) is 4.79 Å². The number of rotatable bonds is 4. The minimum absolute atomic E-state index is 0.0617. The highest BCUT2D eigenvalue weighted by Gasteiger charge is 2.30. The van der Waals surface area contributed by atoms with E-state index in [0.717, 1.165) is 16.9 Å². The number of amides is 1. The van der Waals surface area contributed by atoms with Crippen molar-refractivity contribution in [3.8, 4) is 5.75 Å². The quantitative estimate of drug-likeness (QED) is 0.484. The standard InChI is InChI=1S/C15H15NO2S2/c1-4-7-16-14(17)13(20-15(16)19)9-11-5-6-12(18-3)10(2)8-11/h4-6,8-9H,1,7H2,2-3H3.